The molecular formula is C30H33F6N7. The molecular weight excluding hydrogens is 572 g/mol. The number of para-hydroxylation sites is 1. The van der Waals surface area contributed by atoms with Crippen LogP contribution in [-0.2, 0) is 39.0 Å². The van der Waals surface area contributed by atoms with Crippen LogP contribution in [0.1, 0.15) is 72.4 Å². The van der Waals surface area contributed by atoms with Crippen LogP contribution in [-0.4, -0.2) is 48.1 Å². The van der Waals surface area contributed by atoms with Crippen LogP contribution in [0.4, 0.5) is 26.3 Å². The average Bonchev–Trinajstić information content (AvgIpc) is 3.63. The van der Waals surface area contributed by atoms with Crippen molar-refractivity contribution in [2.24, 2.45) is 7.05 Å². The third-order valence-corrected chi connectivity index (χ3v) is 8.26. The van der Waals surface area contributed by atoms with Gasteiger partial charge in [0.15, 0.2) is 5.82 Å². The predicted octanol–water partition coefficient (Wildman–Crippen LogP) is 6.93. The van der Waals surface area contributed by atoms with Crippen molar-refractivity contribution in [3.63, 3.8) is 0 Å². The zero-order valence-corrected chi connectivity index (χ0v) is 24.1. The minimum Gasteiger partial charge on any atom is -0.295 e. The Morgan fingerprint density at radius 1 is 0.907 bits per heavy atom. The first-order valence-corrected chi connectivity index (χ1v) is 14.1. The number of fused-ring (bicyclic) bond motifs is 1. The standard InChI is InChI=1S/C30H33F6N7/c1-19(41(2)25-9-5-6-10-25)28-22(14-21-8-4-7-11-26(21)37-28)17-43(18-27-38-39-40-42(27)3)16-20-12-23(29(31,32)33)15-24(13-20)30(34,35)36/h4,7-8,11-15,19,25H,5-6,9-10,16-18H2,1-3H3. The van der Waals surface area contributed by atoms with Gasteiger partial charge in [-0.3, -0.25) is 14.8 Å². The number of nitrogens with zero attached hydrogens (tertiary/aromatic N) is 7. The van der Waals surface area contributed by atoms with Crippen molar-refractivity contribution in [2.75, 3.05) is 7.05 Å². The molecule has 0 N–H and O–H groups in total. The van der Waals surface area contributed by atoms with Gasteiger partial charge >= 0.3 is 12.4 Å². The SMILES string of the molecule is CC(c1nc2ccccc2cc1CN(Cc1cc(C(F)(F)F)cc(C(F)(F)F)c1)Cc1nnnn1C)N(C)C1CCCC1. The topological polar surface area (TPSA) is 63.0 Å². The summed E-state index contributed by atoms with van der Waals surface area (Å²) in [6, 6.07) is 11.7. The molecule has 1 unspecified atom stereocenters. The lowest BCUT2D eigenvalue weighted by atomic mass is 10.0. The molecule has 13 heteroatoms. The maximum atomic E-state index is 13.6. The Morgan fingerprint density at radius 3 is 2.16 bits per heavy atom. The molecule has 2 aromatic carbocycles. The van der Waals surface area contributed by atoms with Crippen molar-refractivity contribution in [3.05, 3.63) is 82.3 Å². The van der Waals surface area contributed by atoms with Crippen LogP contribution in [0.5, 0.6) is 0 Å². The van der Waals surface area contributed by atoms with Crippen molar-refractivity contribution >= 4 is 10.9 Å². The Morgan fingerprint density at radius 2 is 1.56 bits per heavy atom. The quantitative estimate of drug-likeness (QED) is 0.193. The summed E-state index contributed by atoms with van der Waals surface area (Å²) in [5, 5.41) is 12.4. The maximum Gasteiger partial charge on any atom is 0.416 e. The fraction of sp³-hybridized carbons (Fsp3) is 0.467. The first-order chi connectivity index (χ1) is 20.3. The third-order valence-electron chi connectivity index (χ3n) is 8.26. The Hall–Kier alpha value is -3.58. The van der Waals surface area contributed by atoms with Crippen molar-refractivity contribution in [3.8, 4) is 0 Å². The fourth-order valence-corrected chi connectivity index (χ4v) is 5.84. The van der Waals surface area contributed by atoms with Gasteiger partial charge in [0.05, 0.1) is 28.9 Å². The van der Waals surface area contributed by atoms with Gasteiger partial charge in [-0.1, -0.05) is 31.0 Å². The number of rotatable bonds is 9. The highest BCUT2D eigenvalue weighted by Gasteiger charge is 2.37. The van der Waals surface area contributed by atoms with E-state index in [0.717, 1.165) is 60.0 Å². The van der Waals surface area contributed by atoms with Gasteiger partial charge in [0.2, 0.25) is 0 Å². The number of tetrazole rings is 1. The van der Waals surface area contributed by atoms with E-state index in [9.17, 15) is 26.3 Å². The van der Waals surface area contributed by atoms with E-state index < -0.39 is 23.5 Å². The second kappa shape index (κ2) is 12.2. The van der Waals surface area contributed by atoms with Crippen LogP contribution in [0.3, 0.4) is 0 Å². The molecule has 4 aromatic rings. The molecule has 0 saturated heterocycles. The first-order valence-electron chi connectivity index (χ1n) is 14.1. The van der Waals surface area contributed by atoms with Gasteiger partial charge in [0.1, 0.15) is 0 Å². The summed E-state index contributed by atoms with van der Waals surface area (Å²) in [5.41, 5.74) is -0.369. The lowest BCUT2D eigenvalue weighted by Gasteiger charge is -2.32. The van der Waals surface area contributed by atoms with Gasteiger partial charge in [0, 0.05) is 37.6 Å². The highest BCUT2D eigenvalue weighted by Crippen LogP contribution is 2.37. The van der Waals surface area contributed by atoms with Gasteiger partial charge in [0.25, 0.3) is 0 Å². The van der Waals surface area contributed by atoms with E-state index in [1.165, 1.54) is 4.68 Å². The summed E-state index contributed by atoms with van der Waals surface area (Å²) < 4.78 is 83.3. The molecule has 230 valence electrons. The van der Waals surface area contributed by atoms with Gasteiger partial charge in [-0.2, -0.15) is 26.3 Å². The summed E-state index contributed by atoms with van der Waals surface area (Å²) in [7, 11) is 3.70. The van der Waals surface area contributed by atoms with E-state index in [2.05, 4.69) is 34.4 Å². The number of pyridine rings is 1. The molecule has 1 fully saturated rings. The Bertz CT molecular complexity index is 1530. The first kappa shape index (κ1) is 30.9. The molecule has 2 heterocycles. The molecule has 43 heavy (non-hydrogen) atoms. The van der Waals surface area contributed by atoms with E-state index in [1.807, 2.05) is 30.3 Å². The van der Waals surface area contributed by atoms with Crippen molar-refractivity contribution in [2.45, 2.75) is 76.7 Å². The second-order valence-electron chi connectivity index (χ2n) is 11.3. The molecule has 0 radical (unpaired) electrons. The number of hydrogen-bond acceptors (Lipinski definition) is 6. The summed E-state index contributed by atoms with van der Waals surface area (Å²) in [6.07, 6.45) is -5.38. The molecule has 1 aliphatic carbocycles. The van der Waals surface area contributed by atoms with E-state index in [1.54, 1.807) is 11.9 Å². The molecule has 0 bridgehead atoms. The number of aromatic nitrogens is 5. The van der Waals surface area contributed by atoms with Crippen LogP contribution in [0.2, 0.25) is 0 Å². The summed E-state index contributed by atoms with van der Waals surface area (Å²) >= 11 is 0. The van der Waals surface area contributed by atoms with E-state index in [0.29, 0.717) is 11.9 Å². The van der Waals surface area contributed by atoms with Crippen molar-refractivity contribution in [1.29, 1.82) is 0 Å². The number of hydrogen-bond donors (Lipinski definition) is 0. The van der Waals surface area contributed by atoms with Crippen molar-refractivity contribution in [1.82, 2.24) is 35.0 Å². The fourth-order valence-electron chi connectivity index (χ4n) is 5.84. The van der Waals surface area contributed by atoms with Gasteiger partial charge in [-0.25, -0.2) is 4.68 Å². The Kier molecular flexibility index (Phi) is 8.75. The van der Waals surface area contributed by atoms with Crippen LogP contribution >= 0.6 is 0 Å². The molecule has 1 atom stereocenters. The van der Waals surface area contributed by atoms with Gasteiger partial charge in [-0.15, -0.1) is 5.10 Å². The van der Waals surface area contributed by atoms with Gasteiger partial charge in [-0.05, 0) is 78.7 Å². The molecule has 0 amide bonds. The number of aryl methyl sites for hydroxylation is 1. The smallest absolute Gasteiger partial charge is 0.295 e. The van der Waals surface area contributed by atoms with Gasteiger partial charge < -0.3 is 0 Å². The van der Waals surface area contributed by atoms with Crippen LogP contribution in [0, 0.1) is 0 Å². The highest BCUT2D eigenvalue weighted by atomic mass is 19.4. The van der Waals surface area contributed by atoms with E-state index in [4.69, 9.17) is 4.98 Å². The summed E-state index contributed by atoms with van der Waals surface area (Å²) in [6.45, 7) is 2.15. The molecule has 0 spiro atoms. The highest BCUT2D eigenvalue weighted by molar-refractivity contribution is 5.79. The third kappa shape index (κ3) is 7.15. The number of halogens is 6. The molecule has 5 rings (SSSR count). The van der Waals surface area contributed by atoms with Crippen LogP contribution in [0.15, 0.2) is 48.5 Å². The maximum absolute atomic E-state index is 13.6. The van der Waals surface area contributed by atoms with Crippen LogP contribution in [0.25, 0.3) is 10.9 Å². The normalized spacial score (nSPS) is 15.7. The molecule has 1 saturated carbocycles. The van der Waals surface area contributed by atoms with E-state index >= 15 is 0 Å². The zero-order valence-electron chi connectivity index (χ0n) is 24.1. The average molecular weight is 606 g/mol. The lowest BCUT2D eigenvalue weighted by molar-refractivity contribution is -0.143. The number of benzene rings is 2. The minimum atomic E-state index is -4.94. The predicted molar refractivity (Wildman–Crippen MR) is 148 cm³/mol. The lowest BCUT2D eigenvalue weighted by Crippen LogP contribution is -2.33. The molecule has 7 nitrogen and oxygen atoms in total. The van der Waals surface area contributed by atoms with Crippen molar-refractivity contribution < 1.29 is 26.3 Å². The van der Waals surface area contributed by atoms with E-state index in [-0.39, 0.29) is 37.3 Å². The largest absolute Gasteiger partial charge is 0.416 e. The Labute approximate surface area is 245 Å². The molecule has 0 aliphatic heterocycles. The zero-order chi connectivity index (χ0) is 30.9. The monoisotopic (exact) mass is 605 g/mol. The second-order valence-corrected chi connectivity index (χ2v) is 11.3. The minimum absolute atomic E-state index is 0.0774. The Balaban J connectivity index is 1.56. The molecule has 2 aromatic heterocycles. The number of alkyl halides is 6. The summed E-state index contributed by atoms with van der Waals surface area (Å²) in [4.78, 5) is 9.09. The summed E-state index contributed by atoms with van der Waals surface area (Å²) in [5.74, 6) is 0.412. The van der Waals surface area contributed by atoms with Crippen LogP contribution < -0.4 is 0 Å². The molecule has 1 aliphatic rings.